The average Bonchev–Trinajstić information content (AvgIpc) is 2.59. The molecule has 0 aliphatic rings. The van der Waals surface area contributed by atoms with E-state index in [1.165, 1.54) is 24.3 Å². The lowest BCUT2D eigenvalue weighted by atomic mass is 9.89. The monoisotopic (exact) mass is 451 g/mol. The zero-order chi connectivity index (χ0) is 24.9. The van der Waals surface area contributed by atoms with Gasteiger partial charge in [0.2, 0.25) is 0 Å². The minimum Gasteiger partial charge on any atom is -0.478 e. The standard InChI is InChI=1S/C24H37NO7/c1-22(2,3)19(20(27)28)31-16-12-10-15(11-13-16)18(26)17(14-30-23(4,5)6)25-21(29)32-24(7,8)9/h10-13,17,19H,14H2,1-9H3,(H,25,29)(H,27,28). The van der Waals surface area contributed by atoms with Crippen LogP contribution in [-0.4, -0.2) is 52.9 Å². The predicted molar refractivity (Wildman–Crippen MR) is 121 cm³/mol. The Labute approximate surface area is 190 Å². The van der Waals surface area contributed by atoms with Gasteiger partial charge in [-0.15, -0.1) is 0 Å². The smallest absolute Gasteiger partial charge is 0.408 e. The number of hydrogen-bond donors (Lipinski definition) is 2. The molecule has 0 saturated carbocycles. The molecule has 8 nitrogen and oxygen atoms in total. The van der Waals surface area contributed by atoms with E-state index in [0.717, 1.165) is 0 Å². The van der Waals surface area contributed by atoms with E-state index in [9.17, 15) is 19.5 Å². The second kappa shape index (κ2) is 10.3. The Morgan fingerprint density at radius 2 is 1.44 bits per heavy atom. The summed E-state index contributed by atoms with van der Waals surface area (Å²) in [7, 11) is 0. The van der Waals surface area contributed by atoms with E-state index in [2.05, 4.69) is 5.32 Å². The maximum atomic E-state index is 13.1. The van der Waals surface area contributed by atoms with Gasteiger partial charge in [0.05, 0.1) is 12.2 Å². The molecule has 0 aliphatic heterocycles. The third kappa shape index (κ3) is 9.68. The number of benzene rings is 1. The van der Waals surface area contributed by atoms with Gasteiger partial charge in [0.1, 0.15) is 17.4 Å². The van der Waals surface area contributed by atoms with Crippen molar-refractivity contribution in [1.29, 1.82) is 0 Å². The molecule has 0 saturated heterocycles. The molecule has 8 heteroatoms. The molecule has 1 amide bonds. The number of aliphatic carboxylic acids is 1. The first kappa shape index (κ1) is 27.4. The number of rotatable bonds is 8. The largest absolute Gasteiger partial charge is 0.478 e. The van der Waals surface area contributed by atoms with Crippen LogP contribution in [0.5, 0.6) is 5.75 Å². The minimum atomic E-state index is -1.07. The molecule has 0 fully saturated rings. The van der Waals surface area contributed by atoms with Crippen molar-refractivity contribution in [3.8, 4) is 5.75 Å². The topological polar surface area (TPSA) is 111 Å². The van der Waals surface area contributed by atoms with E-state index in [0.29, 0.717) is 11.3 Å². The number of alkyl carbamates (subject to hydrolysis) is 1. The lowest BCUT2D eigenvalue weighted by Gasteiger charge is -2.27. The van der Waals surface area contributed by atoms with Crippen LogP contribution in [0, 0.1) is 5.41 Å². The second-order valence-electron chi connectivity index (χ2n) is 10.7. The molecule has 0 bridgehead atoms. The summed E-state index contributed by atoms with van der Waals surface area (Å²) in [6.07, 6.45) is -1.77. The van der Waals surface area contributed by atoms with Gasteiger partial charge >= 0.3 is 12.1 Å². The Morgan fingerprint density at radius 3 is 1.84 bits per heavy atom. The third-order valence-electron chi connectivity index (χ3n) is 4.09. The highest BCUT2D eigenvalue weighted by Gasteiger charge is 2.33. The fraction of sp³-hybridized carbons (Fsp3) is 0.625. The van der Waals surface area contributed by atoms with Gasteiger partial charge in [0.15, 0.2) is 11.9 Å². The van der Waals surface area contributed by atoms with E-state index in [1.54, 1.807) is 41.5 Å². The van der Waals surface area contributed by atoms with Crippen molar-refractivity contribution in [2.75, 3.05) is 6.61 Å². The molecule has 0 radical (unpaired) electrons. The quantitative estimate of drug-likeness (QED) is 0.562. The minimum absolute atomic E-state index is 0.0368. The summed E-state index contributed by atoms with van der Waals surface area (Å²) in [6.45, 7) is 16.0. The summed E-state index contributed by atoms with van der Waals surface area (Å²) >= 11 is 0. The molecule has 180 valence electrons. The molecule has 32 heavy (non-hydrogen) atoms. The molecule has 2 N–H and O–H groups in total. The maximum Gasteiger partial charge on any atom is 0.408 e. The number of carboxylic acid groups (broad SMARTS) is 1. The van der Waals surface area contributed by atoms with Crippen LogP contribution in [-0.2, 0) is 14.3 Å². The molecule has 0 aliphatic carbocycles. The summed E-state index contributed by atoms with van der Waals surface area (Å²) in [4.78, 5) is 36.8. The van der Waals surface area contributed by atoms with E-state index < -0.39 is 40.8 Å². The van der Waals surface area contributed by atoms with Crippen LogP contribution in [0.2, 0.25) is 0 Å². The van der Waals surface area contributed by atoms with E-state index in [4.69, 9.17) is 14.2 Å². The van der Waals surface area contributed by atoms with E-state index in [-0.39, 0.29) is 12.4 Å². The molecule has 1 rings (SSSR count). The van der Waals surface area contributed by atoms with Gasteiger partial charge in [-0.1, -0.05) is 20.8 Å². The highest BCUT2D eigenvalue weighted by atomic mass is 16.6. The lowest BCUT2D eigenvalue weighted by molar-refractivity contribution is -0.150. The maximum absolute atomic E-state index is 13.1. The van der Waals surface area contributed by atoms with Gasteiger partial charge in [-0.2, -0.15) is 0 Å². The van der Waals surface area contributed by atoms with Crippen molar-refractivity contribution in [2.45, 2.75) is 85.7 Å². The van der Waals surface area contributed by atoms with Crippen molar-refractivity contribution in [3.63, 3.8) is 0 Å². The van der Waals surface area contributed by atoms with Gasteiger partial charge in [-0.3, -0.25) is 4.79 Å². The SMILES string of the molecule is CC(C)(C)OCC(NC(=O)OC(C)(C)C)C(=O)c1ccc(OC(C(=O)O)C(C)(C)C)cc1. The van der Waals surface area contributed by atoms with Crippen molar-refractivity contribution in [1.82, 2.24) is 5.32 Å². The molecule has 0 aromatic heterocycles. The molecule has 2 atom stereocenters. The summed E-state index contributed by atoms with van der Waals surface area (Å²) in [5, 5.41) is 12.0. The Kier molecular flexibility index (Phi) is 8.86. The third-order valence-corrected chi connectivity index (χ3v) is 4.09. The molecular weight excluding hydrogens is 414 g/mol. The van der Waals surface area contributed by atoms with Crippen LogP contribution in [0.25, 0.3) is 0 Å². The van der Waals surface area contributed by atoms with Gasteiger partial charge in [-0.05, 0) is 65.8 Å². The number of carbonyl (C=O) groups is 3. The first-order chi connectivity index (χ1) is 14.4. The van der Waals surface area contributed by atoms with Crippen LogP contribution < -0.4 is 10.1 Å². The van der Waals surface area contributed by atoms with Crippen LogP contribution in [0.4, 0.5) is 4.79 Å². The molecular formula is C24H37NO7. The predicted octanol–water partition coefficient (Wildman–Crippen LogP) is 4.46. The van der Waals surface area contributed by atoms with Crippen LogP contribution in [0.3, 0.4) is 0 Å². The Morgan fingerprint density at radius 1 is 0.906 bits per heavy atom. The van der Waals surface area contributed by atoms with Crippen molar-refractivity contribution < 1.29 is 33.7 Å². The number of carbonyl (C=O) groups excluding carboxylic acids is 2. The number of nitrogens with one attached hydrogen (secondary N) is 1. The second-order valence-corrected chi connectivity index (χ2v) is 10.7. The van der Waals surface area contributed by atoms with Gasteiger partial charge < -0.3 is 24.6 Å². The number of amides is 1. The number of ether oxygens (including phenoxy) is 3. The highest BCUT2D eigenvalue weighted by molar-refractivity contribution is 6.01. The van der Waals surface area contributed by atoms with E-state index in [1.807, 2.05) is 20.8 Å². The average molecular weight is 452 g/mol. The zero-order valence-electron chi connectivity index (χ0n) is 20.6. The number of ketones is 1. The van der Waals surface area contributed by atoms with Crippen molar-refractivity contribution in [2.24, 2.45) is 5.41 Å². The lowest BCUT2D eigenvalue weighted by Crippen LogP contribution is -2.47. The van der Waals surface area contributed by atoms with Crippen molar-refractivity contribution in [3.05, 3.63) is 29.8 Å². The zero-order valence-corrected chi connectivity index (χ0v) is 20.6. The summed E-state index contributed by atoms with van der Waals surface area (Å²) in [5.41, 5.74) is -1.52. The first-order valence-corrected chi connectivity index (χ1v) is 10.6. The van der Waals surface area contributed by atoms with Crippen LogP contribution in [0.1, 0.15) is 72.7 Å². The van der Waals surface area contributed by atoms with Gasteiger partial charge in [-0.25, -0.2) is 9.59 Å². The number of carboxylic acids is 1. The van der Waals surface area contributed by atoms with Crippen LogP contribution >= 0.6 is 0 Å². The Balaban J connectivity index is 3.03. The molecule has 0 heterocycles. The van der Waals surface area contributed by atoms with Crippen LogP contribution in [0.15, 0.2) is 24.3 Å². The molecule has 1 aromatic rings. The fourth-order valence-electron chi connectivity index (χ4n) is 2.60. The highest BCUT2D eigenvalue weighted by Crippen LogP contribution is 2.25. The fourth-order valence-corrected chi connectivity index (χ4v) is 2.60. The normalized spacial score (nSPS) is 14.3. The number of hydrogen-bond acceptors (Lipinski definition) is 6. The van der Waals surface area contributed by atoms with Crippen molar-refractivity contribution >= 4 is 17.8 Å². The van der Waals surface area contributed by atoms with E-state index >= 15 is 0 Å². The summed E-state index contributed by atoms with van der Waals surface area (Å²) in [5.74, 6) is -1.11. The van der Waals surface area contributed by atoms with Gasteiger partial charge in [0, 0.05) is 11.0 Å². The Hall–Kier alpha value is -2.61. The molecule has 0 spiro atoms. The van der Waals surface area contributed by atoms with Gasteiger partial charge in [0.25, 0.3) is 0 Å². The molecule has 1 aromatic carbocycles. The Bertz CT molecular complexity index is 796. The summed E-state index contributed by atoms with van der Waals surface area (Å²) in [6, 6.07) is 5.16. The first-order valence-electron chi connectivity index (χ1n) is 10.6. The number of Topliss-reactive ketones (excluding diaryl/α,β-unsaturated/α-hetero) is 1. The molecule has 2 unspecified atom stereocenters. The summed E-state index contributed by atoms with van der Waals surface area (Å²) < 4.78 is 16.6.